The Morgan fingerprint density at radius 3 is 2.53 bits per heavy atom. The Labute approximate surface area is 122 Å². The number of carbonyl (C=O) groups is 1. The molecular weight excluding hydrogens is 306 g/mol. The van der Waals surface area contributed by atoms with Gasteiger partial charge in [0, 0.05) is 17.6 Å². The fourth-order valence-electron chi connectivity index (χ4n) is 2.45. The number of aliphatic hydroxyl groups is 1. The molecule has 4 heteroatoms. The molecule has 2 rings (SSSR count). The van der Waals surface area contributed by atoms with Crippen LogP contribution in [-0.2, 0) is 10.2 Å². The molecule has 1 aromatic carbocycles. The molecule has 0 bridgehead atoms. The standard InChI is InChI=1S/C15H20BrNO2/c1-11(10-18)9-17-14(19)15(7-2-8-15)12-3-5-13(16)6-4-12/h3-6,11,18H,2,7-10H2,1H3,(H,17,19). The Balaban J connectivity index is 2.09. The van der Waals surface area contributed by atoms with E-state index in [4.69, 9.17) is 5.11 Å². The van der Waals surface area contributed by atoms with E-state index < -0.39 is 0 Å². The molecule has 1 unspecified atom stereocenters. The van der Waals surface area contributed by atoms with Crippen molar-refractivity contribution in [2.45, 2.75) is 31.6 Å². The second kappa shape index (κ2) is 6.06. The van der Waals surface area contributed by atoms with Crippen LogP contribution in [0.15, 0.2) is 28.7 Å². The SMILES string of the molecule is CC(CO)CNC(=O)C1(c2ccc(Br)cc2)CCC1. The second-order valence-corrected chi connectivity index (χ2v) is 6.36. The number of nitrogens with one attached hydrogen (secondary N) is 1. The van der Waals surface area contributed by atoms with Crippen molar-refractivity contribution in [3.8, 4) is 0 Å². The minimum absolute atomic E-state index is 0.0985. The lowest BCUT2D eigenvalue weighted by atomic mass is 9.64. The molecule has 0 radical (unpaired) electrons. The molecule has 1 fully saturated rings. The third-order valence-corrected chi connectivity index (χ3v) is 4.49. The van der Waals surface area contributed by atoms with Gasteiger partial charge in [-0.05, 0) is 36.5 Å². The summed E-state index contributed by atoms with van der Waals surface area (Å²) < 4.78 is 1.03. The fourth-order valence-corrected chi connectivity index (χ4v) is 2.71. The zero-order chi connectivity index (χ0) is 13.9. The molecule has 2 N–H and O–H groups in total. The van der Waals surface area contributed by atoms with E-state index in [2.05, 4.69) is 21.2 Å². The van der Waals surface area contributed by atoms with Crippen molar-refractivity contribution >= 4 is 21.8 Å². The van der Waals surface area contributed by atoms with Gasteiger partial charge in [0.25, 0.3) is 0 Å². The first-order chi connectivity index (χ1) is 9.08. The Bertz CT molecular complexity index is 440. The molecule has 0 saturated heterocycles. The van der Waals surface area contributed by atoms with E-state index in [0.29, 0.717) is 6.54 Å². The van der Waals surface area contributed by atoms with Crippen LogP contribution in [-0.4, -0.2) is 24.2 Å². The number of aliphatic hydroxyl groups excluding tert-OH is 1. The fraction of sp³-hybridized carbons (Fsp3) is 0.533. The van der Waals surface area contributed by atoms with Crippen LogP contribution in [0.1, 0.15) is 31.7 Å². The van der Waals surface area contributed by atoms with Gasteiger partial charge >= 0.3 is 0 Å². The van der Waals surface area contributed by atoms with Gasteiger partial charge in [-0.15, -0.1) is 0 Å². The summed E-state index contributed by atoms with van der Waals surface area (Å²) >= 11 is 3.42. The van der Waals surface area contributed by atoms with Crippen molar-refractivity contribution in [1.82, 2.24) is 5.32 Å². The maximum absolute atomic E-state index is 12.4. The van der Waals surface area contributed by atoms with Gasteiger partial charge in [0.2, 0.25) is 5.91 Å². The summed E-state index contributed by atoms with van der Waals surface area (Å²) in [5.74, 6) is 0.201. The third kappa shape index (κ3) is 3.00. The van der Waals surface area contributed by atoms with Gasteiger partial charge in [-0.25, -0.2) is 0 Å². The highest BCUT2D eigenvalue weighted by Crippen LogP contribution is 2.44. The van der Waals surface area contributed by atoms with Crippen molar-refractivity contribution in [1.29, 1.82) is 0 Å². The average molecular weight is 326 g/mol. The molecule has 1 saturated carbocycles. The predicted molar refractivity (Wildman–Crippen MR) is 78.9 cm³/mol. The largest absolute Gasteiger partial charge is 0.396 e. The number of benzene rings is 1. The Kier molecular flexibility index (Phi) is 4.63. The van der Waals surface area contributed by atoms with Crippen molar-refractivity contribution in [3.63, 3.8) is 0 Å². The first-order valence-electron chi connectivity index (χ1n) is 6.74. The van der Waals surface area contributed by atoms with E-state index in [1.54, 1.807) is 0 Å². The molecular formula is C15H20BrNO2. The highest BCUT2D eigenvalue weighted by atomic mass is 79.9. The smallest absolute Gasteiger partial charge is 0.230 e. The van der Waals surface area contributed by atoms with E-state index in [1.807, 2.05) is 31.2 Å². The van der Waals surface area contributed by atoms with Crippen LogP contribution in [0.3, 0.4) is 0 Å². The minimum atomic E-state index is -0.351. The van der Waals surface area contributed by atoms with Crippen LogP contribution in [0.5, 0.6) is 0 Å². The van der Waals surface area contributed by atoms with Gasteiger partial charge in [0.05, 0.1) is 5.41 Å². The Morgan fingerprint density at radius 1 is 1.42 bits per heavy atom. The number of amides is 1. The normalized spacial score (nSPS) is 18.5. The monoisotopic (exact) mass is 325 g/mol. The van der Waals surface area contributed by atoms with Crippen molar-refractivity contribution in [3.05, 3.63) is 34.3 Å². The van der Waals surface area contributed by atoms with Crippen LogP contribution >= 0.6 is 15.9 Å². The van der Waals surface area contributed by atoms with Crippen LogP contribution in [0, 0.1) is 5.92 Å². The first-order valence-corrected chi connectivity index (χ1v) is 7.53. The number of rotatable bonds is 5. The van der Waals surface area contributed by atoms with E-state index in [9.17, 15) is 4.79 Å². The van der Waals surface area contributed by atoms with Gasteiger partial charge in [0.1, 0.15) is 0 Å². The van der Waals surface area contributed by atoms with Gasteiger partial charge in [-0.1, -0.05) is 41.4 Å². The molecule has 0 spiro atoms. The molecule has 1 amide bonds. The Hall–Kier alpha value is -0.870. The second-order valence-electron chi connectivity index (χ2n) is 5.44. The van der Waals surface area contributed by atoms with Crippen LogP contribution in [0.2, 0.25) is 0 Å². The van der Waals surface area contributed by atoms with Gasteiger partial charge in [0.15, 0.2) is 0 Å². The summed E-state index contributed by atoms with van der Waals surface area (Å²) in [6, 6.07) is 8.02. The summed E-state index contributed by atoms with van der Waals surface area (Å²) in [7, 11) is 0. The number of hydrogen-bond acceptors (Lipinski definition) is 2. The molecule has 1 aliphatic rings. The number of hydrogen-bond donors (Lipinski definition) is 2. The highest BCUT2D eigenvalue weighted by molar-refractivity contribution is 9.10. The molecule has 0 aromatic heterocycles. The average Bonchev–Trinajstić information content (AvgIpc) is 2.36. The highest BCUT2D eigenvalue weighted by Gasteiger charge is 2.45. The lowest BCUT2D eigenvalue weighted by Gasteiger charge is -2.41. The van der Waals surface area contributed by atoms with Gasteiger partial charge in [-0.2, -0.15) is 0 Å². The molecule has 0 heterocycles. The molecule has 0 aliphatic heterocycles. The summed E-state index contributed by atoms with van der Waals surface area (Å²) in [6.07, 6.45) is 2.92. The quantitative estimate of drug-likeness (QED) is 0.874. The lowest BCUT2D eigenvalue weighted by Crippen LogP contribution is -2.50. The Morgan fingerprint density at radius 2 is 2.05 bits per heavy atom. The molecule has 1 aliphatic carbocycles. The number of carbonyl (C=O) groups excluding carboxylic acids is 1. The van der Waals surface area contributed by atoms with Crippen LogP contribution in [0.25, 0.3) is 0 Å². The van der Waals surface area contributed by atoms with E-state index in [0.717, 1.165) is 29.3 Å². The molecule has 1 aromatic rings. The molecule has 1 atom stereocenters. The van der Waals surface area contributed by atoms with E-state index >= 15 is 0 Å². The molecule has 3 nitrogen and oxygen atoms in total. The molecule has 104 valence electrons. The predicted octanol–water partition coefficient (Wildman–Crippen LogP) is 2.62. The van der Waals surface area contributed by atoms with Gasteiger partial charge < -0.3 is 10.4 Å². The van der Waals surface area contributed by atoms with Crippen LogP contribution in [0.4, 0.5) is 0 Å². The first kappa shape index (κ1) is 14.5. The van der Waals surface area contributed by atoms with Crippen LogP contribution < -0.4 is 5.32 Å². The molecule has 19 heavy (non-hydrogen) atoms. The van der Waals surface area contributed by atoms with Gasteiger partial charge in [-0.3, -0.25) is 4.79 Å². The maximum Gasteiger partial charge on any atom is 0.230 e. The summed E-state index contributed by atoms with van der Waals surface area (Å²) in [5.41, 5.74) is 0.742. The van der Waals surface area contributed by atoms with E-state index in [-0.39, 0.29) is 23.8 Å². The van der Waals surface area contributed by atoms with Crippen molar-refractivity contribution in [2.75, 3.05) is 13.2 Å². The zero-order valence-electron chi connectivity index (χ0n) is 11.2. The zero-order valence-corrected chi connectivity index (χ0v) is 12.7. The maximum atomic E-state index is 12.4. The third-order valence-electron chi connectivity index (χ3n) is 3.96. The number of halogens is 1. The van der Waals surface area contributed by atoms with Crippen molar-refractivity contribution < 1.29 is 9.90 Å². The van der Waals surface area contributed by atoms with Crippen molar-refractivity contribution in [2.24, 2.45) is 5.92 Å². The summed E-state index contributed by atoms with van der Waals surface area (Å²) in [5, 5.41) is 12.0. The minimum Gasteiger partial charge on any atom is -0.396 e. The summed E-state index contributed by atoms with van der Waals surface area (Å²) in [6.45, 7) is 2.56. The lowest BCUT2D eigenvalue weighted by molar-refractivity contribution is -0.130. The topological polar surface area (TPSA) is 49.3 Å². The van der Waals surface area contributed by atoms with E-state index in [1.165, 1.54) is 0 Å². The summed E-state index contributed by atoms with van der Waals surface area (Å²) in [4.78, 5) is 12.4.